The molecule has 0 saturated carbocycles. The molecule has 0 aliphatic rings. The van der Waals surface area contributed by atoms with Crippen molar-refractivity contribution in [2.75, 3.05) is 0 Å². The minimum absolute atomic E-state index is 0.0985. The third-order valence-electron chi connectivity index (χ3n) is 2.16. The van der Waals surface area contributed by atoms with Crippen molar-refractivity contribution in [3.8, 4) is 0 Å². The molecule has 2 aromatic carbocycles. The molecule has 0 aliphatic heterocycles. The summed E-state index contributed by atoms with van der Waals surface area (Å²) in [5.41, 5.74) is 0.314. The van der Waals surface area contributed by atoms with E-state index >= 15 is 0 Å². The van der Waals surface area contributed by atoms with Crippen molar-refractivity contribution in [1.29, 1.82) is 0 Å². The van der Waals surface area contributed by atoms with Crippen LogP contribution >= 0.6 is 11.6 Å². The van der Waals surface area contributed by atoms with Crippen molar-refractivity contribution in [1.82, 2.24) is 0 Å². The Kier molecular flexibility index (Phi) is 5.68. The number of hydrogen-bond donors (Lipinski definition) is 2. The molecule has 0 amide bonds. The fourth-order valence-electron chi connectivity index (χ4n) is 1.21. The lowest BCUT2D eigenvalue weighted by Gasteiger charge is -1.92. The molecular formula is C14H10ClFO4. The number of benzene rings is 2. The zero-order valence-corrected chi connectivity index (χ0v) is 10.8. The van der Waals surface area contributed by atoms with Crippen LogP contribution in [0.25, 0.3) is 0 Å². The fourth-order valence-corrected chi connectivity index (χ4v) is 1.40. The summed E-state index contributed by atoms with van der Waals surface area (Å²) >= 11 is 5.53. The molecule has 0 aliphatic carbocycles. The average molecular weight is 297 g/mol. The van der Waals surface area contributed by atoms with Gasteiger partial charge < -0.3 is 10.2 Å². The van der Waals surface area contributed by atoms with Crippen LogP contribution in [-0.2, 0) is 0 Å². The monoisotopic (exact) mass is 296 g/mol. The summed E-state index contributed by atoms with van der Waals surface area (Å²) in [7, 11) is 0. The quantitative estimate of drug-likeness (QED) is 0.888. The molecule has 0 saturated heterocycles. The third kappa shape index (κ3) is 5.07. The van der Waals surface area contributed by atoms with E-state index in [0.29, 0.717) is 5.02 Å². The van der Waals surface area contributed by atoms with Crippen molar-refractivity contribution >= 4 is 23.5 Å². The van der Waals surface area contributed by atoms with Gasteiger partial charge in [0.25, 0.3) is 0 Å². The van der Waals surface area contributed by atoms with Gasteiger partial charge in [0.15, 0.2) is 0 Å². The first-order valence-corrected chi connectivity index (χ1v) is 5.75. The Morgan fingerprint density at radius 1 is 0.900 bits per heavy atom. The molecule has 6 heteroatoms. The Balaban J connectivity index is 0.000000200. The van der Waals surface area contributed by atoms with Crippen molar-refractivity contribution in [3.63, 3.8) is 0 Å². The van der Waals surface area contributed by atoms with Gasteiger partial charge in [-0.3, -0.25) is 0 Å². The molecule has 4 nitrogen and oxygen atoms in total. The van der Waals surface area contributed by atoms with Gasteiger partial charge in [0.05, 0.1) is 11.1 Å². The maximum absolute atomic E-state index is 12.2. The summed E-state index contributed by atoms with van der Waals surface area (Å²) in [6, 6.07) is 10.8. The fraction of sp³-hybridized carbons (Fsp3) is 0. The second kappa shape index (κ2) is 7.25. The lowest BCUT2D eigenvalue weighted by Crippen LogP contribution is -1.94. The van der Waals surface area contributed by atoms with Crippen LogP contribution in [0.15, 0.2) is 48.5 Å². The van der Waals surface area contributed by atoms with Gasteiger partial charge in [0.2, 0.25) is 0 Å². The second-order valence-corrected chi connectivity index (χ2v) is 4.06. The molecule has 0 unspecified atom stereocenters. The number of carbonyl (C=O) groups is 2. The van der Waals surface area contributed by atoms with E-state index in [4.69, 9.17) is 21.8 Å². The summed E-state index contributed by atoms with van der Waals surface area (Å²) in [5.74, 6) is -2.42. The van der Waals surface area contributed by atoms with Crippen LogP contribution in [0.4, 0.5) is 4.39 Å². The van der Waals surface area contributed by atoms with E-state index in [1.54, 1.807) is 12.1 Å². The SMILES string of the molecule is O=C(O)c1ccc(F)cc1.O=C(O)c1cccc(Cl)c1. The number of carboxylic acids is 2. The number of halogens is 2. The first kappa shape index (κ1) is 15.7. The van der Waals surface area contributed by atoms with E-state index in [0.717, 1.165) is 12.1 Å². The van der Waals surface area contributed by atoms with Gasteiger partial charge in [-0.1, -0.05) is 17.7 Å². The maximum Gasteiger partial charge on any atom is 0.335 e. The Hall–Kier alpha value is -2.40. The minimum atomic E-state index is -1.04. The molecule has 0 heterocycles. The smallest absolute Gasteiger partial charge is 0.335 e. The molecule has 104 valence electrons. The molecule has 2 N–H and O–H groups in total. The average Bonchev–Trinajstić information content (AvgIpc) is 2.40. The van der Waals surface area contributed by atoms with E-state index in [1.807, 2.05) is 0 Å². The number of hydrogen-bond acceptors (Lipinski definition) is 2. The summed E-state index contributed by atoms with van der Waals surface area (Å²) in [6.45, 7) is 0. The van der Waals surface area contributed by atoms with E-state index in [9.17, 15) is 14.0 Å². The Morgan fingerprint density at radius 3 is 1.85 bits per heavy atom. The number of rotatable bonds is 2. The standard InChI is InChI=1S/C7H5ClO2.C7H5FO2/c8-6-3-1-2-5(4-6)7(9)10;8-6-3-1-5(2-4-6)7(9)10/h2*1-4H,(H,9,10). The van der Waals surface area contributed by atoms with E-state index in [-0.39, 0.29) is 11.1 Å². The summed E-state index contributed by atoms with van der Waals surface area (Å²) in [6.07, 6.45) is 0. The highest BCUT2D eigenvalue weighted by molar-refractivity contribution is 6.30. The van der Waals surface area contributed by atoms with Crippen LogP contribution in [0.2, 0.25) is 5.02 Å². The highest BCUT2D eigenvalue weighted by Gasteiger charge is 2.00. The lowest BCUT2D eigenvalue weighted by molar-refractivity contribution is 0.0686. The number of aromatic carboxylic acids is 2. The predicted molar refractivity (Wildman–Crippen MR) is 71.8 cm³/mol. The molecule has 0 bridgehead atoms. The van der Waals surface area contributed by atoms with Gasteiger partial charge in [-0.25, -0.2) is 14.0 Å². The highest BCUT2D eigenvalue weighted by Crippen LogP contribution is 2.09. The van der Waals surface area contributed by atoms with Crippen molar-refractivity contribution in [3.05, 3.63) is 70.5 Å². The first-order chi connectivity index (χ1) is 9.40. The molecule has 20 heavy (non-hydrogen) atoms. The molecule has 0 radical (unpaired) electrons. The molecule has 0 atom stereocenters. The normalized spacial score (nSPS) is 9.30. The maximum atomic E-state index is 12.2. The van der Waals surface area contributed by atoms with Crippen LogP contribution < -0.4 is 0 Å². The van der Waals surface area contributed by atoms with Crippen LogP contribution in [-0.4, -0.2) is 22.2 Å². The van der Waals surface area contributed by atoms with Gasteiger partial charge in [-0.15, -0.1) is 0 Å². The van der Waals surface area contributed by atoms with E-state index in [2.05, 4.69) is 0 Å². The van der Waals surface area contributed by atoms with Gasteiger partial charge in [-0.2, -0.15) is 0 Å². The minimum Gasteiger partial charge on any atom is -0.478 e. The Labute approximate surface area is 119 Å². The van der Waals surface area contributed by atoms with E-state index in [1.165, 1.54) is 24.3 Å². The number of carboxylic acid groups (broad SMARTS) is 2. The molecule has 2 aromatic rings. The molecule has 2 rings (SSSR count). The van der Waals surface area contributed by atoms with Crippen molar-refractivity contribution in [2.24, 2.45) is 0 Å². The van der Waals surface area contributed by atoms with Crippen molar-refractivity contribution < 1.29 is 24.2 Å². The summed E-state index contributed by atoms with van der Waals surface area (Å²) in [4.78, 5) is 20.5. The Bertz CT molecular complexity index is 611. The lowest BCUT2D eigenvalue weighted by atomic mass is 10.2. The zero-order valence-electron chi connectivity index (χ0n) is 10.1. The molecular weight excluding hydrogens is 287 g/mol. The van der Waals surface area contributed by atoms with Crippen LogP contribution in [0.5, 0.6) is 0 Å². The third-order valence-corrected chi connectivity index (χ3v) is 2.40. The molecule has 0 fully saturated rings. The molecule has 0 aromatic heterocycles. The summed E-state index contributed by atoms with van der Waals surface area (Å²) in [5, 5.41) is 17.2. The van der Waals surface area contributed by atoms with Crippen LogP contribution in [0.3, 0.4) is 0 Å². The van der Waals surface area contributed by atoms with Crippen LogP contribution in [0.1, 0.15) is 20.7 Å². The van der Waals surface area contributed by atoms with Gasteiger partial charge in [0.1, 0.15) is 5.82 Å². The summed E-state index contributed by atoms with van der Waals surface area (Å²) < 4.78 is 12.2. The largest absolute Gasteiger partial charge is 0.478 e. The van der Waals surface area contributed by atoms with Crippen LogP contribution in [0, 0.1) is 5.82 Å². The first-order valence-electron chi connectivity index (χ1n) is 5.38. The zero-order chi connectivity index (χ0) is 15.1. The van der Waals surface area contributed by atoms with E-state index < -0.39 is 17.8 Å². The topological polar surface area (TPSA) is 74.6 Å². The van der Waals surface area contributed by atoms with Gasteiger partial charge in [-0.05, 0) is 42.5 Å². The second-order valence-electron chi connectivity index (χ2n) is 3.63. The van der Waals surface area contributed by atoms with Gasteiger partial charge in [0, 0.05) is 5.02 Å². The highest BCUT2D eigenvalue weighted by atomic mass is 35.5. The predicted octanol–water partition coefficient (Wildman–Crippen LogP) is 3.56. The Morgan fingerprint density at radius 2 is 1.45 bits per heavy atom. The van der Waals surface area contributed by atoms with Gasteiger partial charge >= 0.3 is 11.9 Å². The van der Waals surface area contributed by atoms with Crippen molar-refractivity contribution in [2.45, 2.75) is 0 Å². The molecule has 0 spiro atoms.